The van der Waals surface area contributed by atoms with Crippen molar-refractivity contribution < 1.29 is 19.6 Å². The summed E-state index contributed by atoms with van der Waals surface area (Å²) < 4.78 is 0. The molecule has 0 aliphatic heterocycles. The van der Waals surface area contributed by atoms with Crippen LogP contribution in [0.5, 0.6) is 0 Å². The number of anilines is 1. The van der Waals surface area contributed by atoms with Crippen LogP contribution in [0.3, 0.4) is 0 Å². The quantitative estimate of drug-likeness (QED) is 0.651. The SMILES string of the molecule is Cc1c(NC(=O)Cc2ccc([N+](=O)[O-])cc2)cccc1C(=O)O. The summed E-state index contributed by atoms with van der Waals surface area (Å²) >= 11 is 0. The van der Waals surface area contributed by atoms with Crippen molar-refractivity contribution in [3.8, 4) is 0 Å². The summed E-state index contributed by atoms with van der Waals surface area (Å²) in [5.41, 5.74) is 1.60. The first kappa shape index (κ1) is 16.2. The van der Waals surface area contributed by atoms with Crippen LogP contribution >= 0.6 is 0 Å². The molecule has 0 unspecified atom stereocenters. The van der Waals surface area contributed by atoms with Gasteiger partial charge in [0.05, 0.1) is 16.9 Å². The second kappa shape index (κ2) is 6.69. The lowest BCUT2D eigenvalue weighted by Crippen LogP contribution is -2.16. The molecule has 0 atom stereocenters. The monoisotopic (exact) mass is 314 g/mol. The summed E-state index contributed by atoms with van der Waals surface area (Å²) in [4.78, 5) is 33.2. The first-order chi connectivity index (χ1) is 10.9. The predicted molar refractivity (Wildman–Crippen MR) is 83.6 cm³/mol. The van der Waals surface area contributed by atoms with Crippen molar-refractivity contribution in [3.05, 3.63) is 69.3 Å². The number of nitro groups is 1. The summed E-state index contributed by atoms with van der Waals surface area (Å²) in [5, 5.41) is 22.3. The molecule has 23 heavy (non-hydrogen) atoms. The zero-order valence-electron chi connectivity index (χ0n) is 12.3. The van der Waals surface area contributed by atoms with E-state index in [1.165, 1.54) is 30.3 Å². The Hall–Kier alpha value is -3.22. The van der Waals surface area contributed by atoms with Gasteiger partial charge < -0.3 is 10.4 Å². The molecule has 0 saturated heterocycles. The molecule has 2 aromatic rings. The van der Waals surface area contributed by atoms with E-state index in [1.54, 1.807) is 19.1 Å². The topological polar surface area (TPSA) is 110 Å². The van der Waals surface area contributed by atoms with Gasteiger partial charge in [-0.05, 0) is 30.2 Å². The van der Waals surface area contributed by atoms with E-state index in [4.69, 9.17) is 5.11 Å². The normalized spacial score (nSPS) is 10.1. The molecule has 0 spiro atoms. The maximum absolute atomic E-state index is 12.0. The molecule has 0 aliphatic carbocycles. The smallest absolute Gasteiger partial charge is 0.336 e. The van der Waals surface area contributed by atoms with Gasteiger partial charge in [-0.2, -0.15) is 0 Å². The lowest BCUT2D eigenvalue weighted by atomic mass is 10.1. The Balaban J connectivity index is 2.09. The van der Waals surface area contributed by atoms with E-state index in [-0.39, 0.29) is 23.6 Å². The zero-order chi connectivity index (χ0) is 17.0. The molecule has 7 nitrogen and oxygen atoms in total. The van der Waals surface area contributed by atoms with Crippen LogP contribution in [0, 0.1) is 17.0 Å². The number of carbonyl (C=O) groups is 2. The molecule has 0 fully saturated rings. The second-order valence-corrected chi connectivity index (χ2v) is 4.93. The Morgan fingerprint density at radius 3 is 2.39 bits per heavy atom. The average molecular weight is 314 g/mol. The number of non-ortho nitro benzene ring substituents is 1. The molecule has 0 bridgehead atoms. The number of hydrogen-bond acceptors (Lipinski definition) is 4. The molecule has 0 saturated carbocycles. The van der Waals surface area contributed by atoms with Gasteiger partial charge in [0, 0.05) is 17.8 Å². The Morgan fingerprint density at radius 1 is 1.17 bits per heavy atom. The lowest BCUT2D eigenvalue weighted by Gasteiger charge is -2.10. The molecule has 0 heterocycles. The number of carbonyl (C=O) groups excluding carboxylic acids is 1. The fourth-order valence-corrected chi connectivity index (χ4v) is 2.12. The fraction of sp³-hybridized carbons (Fsp3) is 0.125. The molecular formula is C16H14N2O5. The first-order valence-electron chi connectivity index (χ1n) is 6.74. The third kappa shape index (κ3) is 3.91. The van der Waals surface area contributed by atoms with Crippen LogP contribution in [-0.4, -0.2) is 21.9 Å². The average Bonchev–Trinajstić information content (AvgIpc) is 2.49. The van der Waals surface area contributed by atoms with E-state index >= 15 is 0 Å². The molecule has 2 N–H and O–H groups in total. The Kier molecular flexibility index (Phi) is 4.70. The van der Waals surface area contributed by atoms with Crippen LogP contribution in [0.4, 0.5) is 11.4 Å². The number of nitro benzene ring substituents is 1. The van der Waals surface area contributed by atoms with Crippen molar-refractivity contribution in [2.45, 2.75) is 13.3 Å². The van der Waals surface area contributed by atoms with Gasteiger partial charge in [0.1, 0.15) is 0 Å². The molecule has 2 aromatic carbocycles. The van der Waals surface area contributed by atoms with Crippen LogP contribution in [0.1, 0.15) is 21.5 Å². The van der Waals surface area contributed by atoms with Gasteiger partial charge in [0.25, 0.3) is 5.69 Å². The molecule has 1 amide bonds. The summed E-state index contributed by atoms with van der Waals surface area (Å²) in [5.74, 6) is -1.39. The standard InChI is InChI=1S/C16H14N2O5/c1-10-13(16(20)21)3-2-4-14(10)17-15(19)9-11-5-7-12(8-6-11)18(22)23/h2-8H,9H2,1H3,(H,17,19)(H,20,21). The second-order valence-electron chi connectivity index (χ2n) is 4.93. The van der Waals surface area contributed by atoms with Crippen molar-refractivity contribution in [2.75, 3.05) is 5.32 Å². The number of rotatable bonds is 5. The van der Waals surface area contributed by atoms with Crippen LogP contribution in [0.15, 0.2) is 42.5 Å². The van der Waals surface area contributed by atoms with E-state index in [0.29, 0.717) is 16.8 Å². The lowest BCUT2D eigenvalue weighted by molar-refractivity contribution is -0.384. The molecule has 7 heteroatoms. The number of carboxylic acid groups (broad SMARTS) is 1. The highest BCUT2D eigenvalue weighted by Crippen LogP contribution is 2.19. The Morgan fingerprint density at radius 2 is 1.83 bits per heavy atom. The van der Waals surface area contributed by atoms with Gasteiger partial charge in [-0.1, -0.05) is 18.2 Å². The van der Waals surface area contributed by atoms with E-state index in [0.717, 1.165) is 0 Å². The number of aromatic carboxylic acids is 1. The minimum Gasteiger partial charge on any atom is -0.478 e. The number of nitrogens with one attached hydrogen (secondary N) is 1. The third-order valence-corrected chi connectivity index (χ3v) is 3.35. The van der Waals surface area contributed by atoms with Crippen molar-refractivity contribution in [2.24, 2.45) is 0 Å². The highest BCUT2D eigenvalue weighted by molar-refractivity contribution is 5.96. The van der Waals surface area contributed by atoms with Gasteiger partial charge in [0.2, 0.25) is 5.91 Å². The van der Waals surface area contributed by atoms with Crippen LogP contribution in [0.25, 0.3) is 0 Å². The molecular weight excluding hydrogens is 300 g/mol. The van der Waals surface area contributed by atoms with Crippen molar-refractivity contribution in [1.29, 1.82) is 0 Å². The summed E-state index contributed by atoms with van der Waals surface area (Å²) in [6.07, 6.45) is 0.0364. The number of hydrogen-bond donors (Lipinski definition) is 2. The van der Waals surface area contributed by atoms with Crippen molar-refractivity contribution in [1.82, 2.24) is 0 Å². The predicted octanol–water partition coefficient (Wildman–Crippen LogP) is 2.78. The van der Waals surface area contributed by atoms with Crippen molar-refractivity contribution in [3.63, 3.8) is 0 Å². The maximum Gasteiger partial charge on any atom is 0.336 e. The fourth-order valence-electron chi connectivity index (χ4n) is 2.12. The number of amides is 1. The molecule has 0 aromatic heterocycles. The largest absolute Gasteiger partial charge is 0.478 e. The molecule has 0 aliphatic rings. The molecule has 2 rings (SSSR count). The minimum atomic E-state index is -1.06. The van der Waals surface area contributed by atoms with Gasteiger partial charge in [-0.3, -0.25) is 14.9 Å². The summed E-state index contributed by atoms with van der Waals surface area (Å²) in [7, 11) is 0. The summed E-state index contributed by atoms with van der Waals surface area (Å²) in [6, 6.07) is 10.3. The van der Waals surface area contributed by atoms with Gasteiger partial charge in [-0.15, -0.1) is 0 Å². The van der Waals surface area contributed by atoms with E-state index in [2.05, 4.69) is 5.32 Å². The zero-order valence-corrected chi connectivity index (χ0v) is 12.3. The number of benzene rings is 2. The molecule has 118 valence electrons. The van der Waals surface area contributed by atoms with Crippen LogP contribution in [-0.2, 0) is 11.2 Å². The Bertz CT molecular complexity index is 769. The highest BCUT2D eigenvalue weighted by Gasteiger charge is 2.12. The number of carboxylic acids is 1. The number of nitrogens with zero attached hydrogens (tertiary/aromatic N) is 1. The third-order valence-electron chi connectivity index (χ3n) is 3.35. The minimum absolute atomic E-state index is 0.0364. The van der Waals surface area contributed by atoms with E-state index < -0.39 is 10.9 Å². The first-order valence-corrected chi connectivity index (χ1v) is 6.74. The van der Waals surface area contributed by atoms with Crippen LogP contribution < -0.4 is 5.32 Å². The van der Waals surface area contributed by atoms with E-state index in [1.807, 2.05) is 0 Å². The highest BCUT2D eigenvalue weighted by atomic mass is 16.6. The molecule has 0 radical (unpaired) electrons. The maximum atomic E-state index is 12.0. The van der Waals surface area contributed by atoms with Crippen molar-refractivity contribution >= 4 is 23.3 Å². The summed E-state index contributed by atoms with van der Waals surface area (Å²) in [6.45, 7) is 1.62. The van der Waals surface area contributed by atoms with Gasteiger partial charge >= 0.3 is 5.97 Å². The van der Waals surface area contributed by atoms with E-state index in [9.17, 15) is 19.7 Å². The van der Waals surface area contributed by atoms with Gasteiger partial charge in [-0.25, -0.2) is 4.79 Å². The van der Waals surface area contributed by atoms with Gasteiger partial charge in [0.15, 0.2) is 0 Å². The Labute approximate surface area is 131 Å². The van der Waals surface area contributed by atoms with Crippen LogP contribution in [0.2, 0.25) is 0 Å².